The molecular weight excluding hydrogens is 879 g/mol. The van der Waals surface area contributed by atoms with E-state index in [9.17, 15) is 15.0 Å². The monoisotopic (exact) mass is 1010 g/mol. The van der Waals surface area contributed by atoms with Crippen molar-refractivity contribution in [1.82, 2.24) is 5.32 Å². The van der Waals surface area contributed by atoms with Gasteiger partial charge in [-0.15, -0.1) is 0 Å². The van der Waals surface area contributed by atoms with E-state index in [-0.39, 0.29) is 12.5 Å². The molecule has 1 amide bonds. The highest BCUT2D eigenvalue weighted by Crippen LogP contribution is 2.19. The minimum absolute atomic E-state index is 0.0646. The van der Waals surface area contributed by atoms with E-state index in [1.165, 1.54) is 334 Å². The third kappa shape index (κ3) is 59.7. The number of carbonyl (C=O) groups excluding carboxylic acids is 1. The van der Waals surface area contributed by atoms with Gasteiger partial charge < -0.3 is 15.5 Å². The summed E-state index contributed by atoms with van der Waals surface area (Å²) in [4.78, 5) is 12.5. The zero-order valence-corrected chi connectivity index (χ0v) is 49.5. The van der Waals surface area contributed by atoms with Crippen LogP contribution in [-0.4, -0.2) is 34.9 Å². The van der Waals surface area contributed by atoms with Crippen LogP contribution >= 0.6 is 0 Å². The Morgan fingerprint density at radius 2 is 0.542 bits per heavy atom. The Bertz CT molecular complexity index is 1060. The molecule has 0 rings (SSSR count). The third-order valence-electron chi connectivity index (χ3n) is 15.9. The van der Waals surface area contributed by atoms with Crippen molar-refractivity contribution in [3.8, 4) is 0 Å². The normalized spacial score (nSPS) is 12.8. The number of amides is 1. The van der Waals surface area contributed by atoms with Crippen molar-refractivity contribution in [3.63, 3.8) is 0 Å². The van der Waals surface area contributed by atoms with Crippen LogP contribution in [0.4, 0.5) is 0 Å². The van der Waals surface area contributed by atoms with Crippen LogP contribution in [0.1, 0.15) is 386 Å². The van der Waals surface area contributed by atoms with Gasteiger partial charge in [0, 0.05) is 6.42 Å². The van der Waals surface area contributed by atoms with Crippen LogP contribution in [0.25, 0.3) is 0 Å². The van der Waals surface area contributed by atoms with Crippen LogP contribution in [0.2, 0.25) is 0 Å². The average molecular weight is 1010 g/mol. The van der Waals surface area contributed by atoms with Gasteiger partial charge in [-0.2, -0.15) is 0 Å². The number of carbonyl (C=O) groups is 1. The van der Waals surface area contributed by atoms with Crippen molar-refractivity contribution in [3.05, 3.63) is 24.3 Å². The van der Waals surface area contributed by atoms with Crippen molar-refractivity contribution < 1.29 is 15.0 Å². The first kappa shape index (κ1) is 70.9. The molecule has 3 N–H and O–H groups in total. The molecule has 0 aromatic heterocycles. The molecule has 0 saturated heterocycles. The molecule has 0 aliphatic rings. The summed E-state index contributed by atoms with van der Waals surface area (Å²) in [5, 5.41) is 23.2. The van der Waals surface area contributed by atoms with Gasteiger partial charge in [0.1, 0.15) is 0 Å². The highest BCUT2D eigenvalue weighted by atomic mass is 16.3. The standard InChI is InChI=1S/C68H133NO3/c1-3-5-7-9-11-13-15-17-19-21-23-25-27-29-31-33-34-35-36-37-39-41-43-45-47-49-51-53-55-57-59-61-63-67(71)66(65-70)69-68(72)64-62-60-58-56-54-52-50-48-46-44-42-40-38-32-30-28-26-24-22-20-18-16-14-12-10-8-6-4-2/h53,55,61,63,66-67,70-71H,3-52,54,56-60,62,64-65H2,1-2H3,(H,69,72)/b55-53+,63-61+. The van der Waals surface area contributed by atoms with Gasteiger partial charge in [0.15, 0.2) is 0 Å². The van der Waals surface area contributed by atoms with Gasteiger partial charge in [0.05, 0.1) is 18.8 Å². The molecule has 0 aliphatic heterocycles. The molecule has 2 unspecified atom stereocenters. The maximum atomic E-state index is 12.5. The van der Waals surface area contributed by atoms with Crippen molar-refractivity contribution in [2.45, 2.75) is 398 Å². The molecule has 0 aromatic carbocycles. The number of rotatable bonds is 63. The van der Waals surface area contributed by atoms with E-state index < -0.39 is 12.1 Å². The summed E-state index contributed by atoms with van der Waals surface area (Å²) in [5.41, 5.74) is 0. The van der Waals surface area contributed by atoms with Crippen molar-refractivity contribution in [2.75, 3.05) is 6.61 Å². The van der Waals surface area contributed by atoms with Gasteiger partial charge in [-0.25, -0.2) is 0 Å². The number of hydrogen-bond acceptors (Lipinski definition) is 3. The maximum absolute atomic E-state index is 12.5. The maximum Gasteiger partial charge on any atom is 0.220 e. The first-order chi connectivity index (χ1) is 35.7. The number of aliphatic hydroxyl groups excluding tert-OH is 2. The summed E-state index contributed by atoms with van der Waals surface area (Å²) < 4.78 is 0. The summed E-state index contributed by atoms with van der Waals surface area (Å²) in [6.45, 7) is 4.35. The highest BCUT2D eigenvalue weighted by molar-refractivity contribution is 5.76. The summed E-state index contributed by atoms with van der Waals surface area (Å²) in [6.07, 6.45) is 86.9. The first-order valence-corrected chi connectivity index (χ1v) is 33.6. The number of hydrogen-bond donors (Lipinski definition) is 3. The molecule has 0 fully saturated rings. The molecule has 0 radical (unpaired) electrons. The zero-order chi connectivity index (χ0) is 52.0. The molecule has 0 heterocycles. The Labute approximate surface area is 453 Å². The van der Waals surface area contributed by atoms with Gasteiger partial charge in [-0.1, -0.05) is 372 Å². The van der Waals surface area contributed by atoms with Crippen molar-refractivity contribution >= 4 is 5.91 Å². The quantitative estimate of drug-likeness (QED) is 0.0420. The van der Waals surface area contributed by atoms with Crippen LogP contribution in [0.3, 0.4) is 0 Å². The largest absolute Gasteiger partial charge is 0.394 e. The second kappa shape index (κ2) is 64.2. The average Bonchev–Trinajstić information content (AvgIpc) is 3.39. The van der Waals surface area contributed by atoms with E-state index in [2.05, 4.69) is 31.3 Å². The van der Waals surface area contributed by atoms with Gasteiger partial charge in [-0.3, -0.25) is 4.79 Å². The van der Waals surface area contributed by atoms with Crippen LogP contribution in [-0.2, 0) is 4.79 Å². The fourth-order valence-corrected chi connectivity index (χ4v) is 10.8. The lowest BCUT2D eigenvalue weighted by atomic mass is 10.0. The predicted octanol–water partition coefficient (Wildman–Crippen LogP) is 22.6. The molecule has 0 aromatic rings. The molecule has 0 spiro atoms. The molecule has 0 saturated carbocycles. The Kier molecular flexibility index (Phi) is 63.2. The Morgan fingerprint density at radius 3 is 0.806 bits per heavy atom. The summed E-state index contributed by atoms with van der Waals surface area (Å²) >= 11 is 0. The molecule has 0 aliphatic carbocycles. The predicted molar refractivity (Wildman–Crippen MR) is 322 cm³/mol. The van der Waals surface area contributed by atoms with Crippen LogP contribution in [0.15, 0.2) is 24.3 Å². The Morgan fingerprint density at radius 1 is 0.319 bits per heavy atom. The second-order valence-corrected chi connectivity index (χ2v) is 23.2. The topological polar surface area (TPSA) is 69.6 Å². The lowest BCUT2D eigenvalue weighted by Crippen LogP contribution is -2.45. The summed E-state index contributed by atoms with van der Waals surface area (Å²) in [6, 6.07) is -0.637. The molecule has 72 heavy (non-hydrogen) atoms. The van der Waals surface area contributed by atoms with E-state index in [4.69, 9.17) is 0 Å². The molecular formula is C68H133NO3. The fourth-order valence-electron chi connectivity index (χ4n) is 10.8. The lowest BCUT2D eigenvalue weighted by Gasteiger charge is -2.19. The number of nitrogens with one attached hydrogen (secondary N) is 1. The van der Waals surface area contributed by atoms with E-state index >= 15 is 0 Å². The lowest BCUT2D eigenvalue weighted by molar-refractivity contribution is -0.123. The Balaban J connectivity index is 3.44. The first-order valence-electron chi connectivity index (χ1n) is 33.6. The minimum atomic E-state index is -0.861. The number of aliphatic hydroxyl groups is 2. The molecule has 2 atom stereocenters. The fraction of sp³-hybridized carbons (Fsp3) is 0.926. The van der Waals surface area contributed by atoms with E-state index in [0.29, 0.717) is 6.42 Å². The Hall–Kier alpha value is -1.13. The van der Waals surface area contributed by atoms with Gasteiger partial charge in [0.2, 0.25) is 5.91 Å². The van der Waals surface area contributed by atoms with E-state index in [1.807, 2.05) is 6.08 Å². The molecule has 428 valence electrons. The molecule has 4 nitrogen and oxygen atoms in total. The smallest absolute Gasteiger partial charge is 0.220 e. The van der Waals surface area contributed by atoms with Crippen molar-refractivity contribution in [1.29, 1.82) is 0 Å². The SMILES string of the molecule is CCCCCCCCCCCCCCCCCCCCCCCCCCCC/C=C/CC/C=C/C(O)C(CO)NC(=O)CCCCCCCCCCCCCCCCCCCCCCCCCCCCCC. The van der Waals surface area contributed by atoms with Crippen molar-refractivity contribution in [2.24, 2.45) is 0 Å². The van der Waals surface area contributed by atoms with Crippen LogP contribution in [0.5, 0.6) is 0 Å². The number of unbranched alkanes of at least 4 members (excludes halogenated alkanes) is 54. The van der Waals surface area contributed by atoms with Gasteiger partial charge in [0.25, 0.3) is 0 Å². The molecule has 4 heteroatoms. The van der Waals surface area contributed by atoms with Gasteiger partial charge in [-0.05, 0) is 32.1 Å². The van der Waals surface area contributed by atoms with E-state index in [1.54, 1.807) is 6.08 Å². The third-order valence-corrected chi connectivity index (χ3v) is 15.9. The van der Waals surface area contributed by atoms with Crippen LogP contribution in [0, 0.1) is 0 Å². The highest BCUT2D eigenvalue weighted by Gasteiger charge is 2.18. The second-order valence-electron chi connectivity index (χ2n) is 23.2. The summed E-state index contributed by atoms with van der Waals surface area (Å²) in [5.74, 6) is -0.0646. The zero-order valence-electron chi connectivity index (χ0n) is 49.5. The van der Waals surface area contributed by atoms with Gasteiger partial charge >= 0.3 is 0 Å². The summed E-state index contributed by atoms with van der Waals surface area (Å²) in [7, 11) is 0. The van der Waals surface area contributed by atoms with Crippen LogP contribution < -0.4 is 5.32 Å². The van der Waals surface area contributed by atoms with E-state index in [0.717, 1.165) is 32.1 Å². The molecule has 0 bridgehead atoms. The minimum Gasteiger partial charge on any atom is -0.394 e. The number of allylic oxidation sites excluding steroid dienone is 3.